The van der Waals surface area contributed by atoms with E-state index in [1.54, 1.807) is 6.08 Å². The molecule has 6 nitrogen and oxygen atoms in total. The number of aryl methyl sites for hydroxylation is 1. The summed E-state index contributed by atoms with van der Waals surface area (Å²) in [6.45, 7) is 3.73. The fraction of sp³-hybridized carbons (Fsp3) is 0.273. The first kappa shape index (κ1) is 16.9. The largest absolute Gasteiger partial charge is 0.454 e. The predicted octanol–water partition coefficient (Wildman–Crippen LogP) is 3.56. The van der Waals surface area contributed by atoms with Crippen LogP contribution in [0, 0.1) is 6.92 Å². The van der Waals surface area contributed by atoms with Crippen LogP contribution in [-0.2, 0) is 4.79 Å². The number of fused-ring (bicyclic) bond motifs is 2. The van der Waals surface area contributed by atoms with Crippen LogP contribution in [0.2, 0.25) is 0 Å². The Labute approximate surface area is 163 Å². The summed E-state index contributed by atoms with van der Waals surface area (Å²) in [4.78, 5) is 19.2. The van der Waals surface area contributed by atoms with Crippen LogP contribution >= 0.6 is 0 Å². The Bertz CT molecular complexity index is 1090. The lowest BCUT2D eigenvalue weighted by atomic mass is 10.2. The molecule has 0 N–H and O–H groups in total. The molecule has 1 atom stereocenters. The molecule has 3 heterocycles. The molecule has 0 unspecified atom stereocenters. The molecule has 6 heteroatoms. The Morgan fingerprint density at radius 3 is 2.96 bits per heavy atom. The van der Waals surface area contributed by atoms with Gasteiger partial charge in [-0.05, 0) is 49.2 Å². The molecule has 3 aromatic rings. The predicted molar refractivity (Wildman–Crippen MR) is 106 cm³/mol. The van der Waals surface area contributed by atoms with Gasteiger partial charge in [-0.2, -0.15) is 0 Å². The summed E-state index contributed by atoms with van der Waals surface area (Å²) in [6.07, 6.45) is 4.40. The van der Waals surface area contributed by atoms with E-state index in [0.29, 0.717) is 6.54 Å². The third kappa shape index (κ3) is 2.91. The van der Waals surface area contributed by atoms with Gasteiger partial charge in [-0.3, -0.25) is 4.79 Å². The number of hydrogen-bond donors (Lipinski definition) is 0. The molecular formula is C22H21N3O3. The van der Waals surface area contributed by atoms with Gasteiger partial charge in [0.2, 0.25) is 12.7 Å². The molecule has 1 aromatic heterocycles. The lowest BCUT2D eigenvalue weighted by molar-refractivity contribution is -0.125. The number of nitrogens with zero attached hydrogens (tertiary/aromatic N) is 3. The zero-order valence-corrected chi connectivity index (χ0v) is 15.7. The third-order valence-electron chi connectivity index (χ3n) is 5.43. The minimum Gasteiger partial charge on any atom is -0.454 e. The van der Waals surface area contributed by atoms with Crippen molar-refractivity contribution in [2.24, 2.45) is 0 Å². The second-order valence-electron chi connectivity index (χ2n) is 7.19. The van der Waals surface area contributed by atoms with Gasteiger partial charge in [0.15, 0.2) is 11.5 Å². The number of aromatic nitrogens is 2. The van der Waals surface area contributed by atoms with Crippen LogP contribution in [0.4, 0.5) is 0 Å². The zero-order chi connectivity index (χ0) is 19.1. The van der Waals surface area contributed by atoms with Crippen molar-refractivity contribution < 1.29 is 14.3 Å². The number of amides is 1. The summed E-state index contributed by atoms with van der Waals surface area (Å²) >= 11 is 0. The molecule has 2 aliphatic rings. The van der Waals surface area contributed by atoms with Gasteiger partial charge in [0.1, 0.15) is 5.82 Å². The van der Waals surface area contributed by atoms with Gasteiger partial charge in [0, 0.05) is 19.2 Å². The second kappa shape index (κ2) is 6.71. The quantitative estimate of drug-likeness (QED) is 0.657. The van der Waals surface area contributed by atoms with E-state index in [1.165, 1.54) is 0 Å². The van der Waals surface area contributed by atoms with Crippen LogP contribution in [0.25, 0.3) is 17.1 Å². The monoisotopic (exact) mass is 375 g/mol. The summed E-state index contributed by atoms with van der Waals surface area (Å²) in [5.74, 6) is 2.49. The van der Waals surface area contributed by atoms with Crippen LogP contribution in [0.3, 0.4) is 0 Å². The van der Waals surface area contributed by atoms with Crippen LogP contribution in [0.5, 0.6) is 11.5 Å². The van der Waals surface area contributed by atoms with Crippen molar-refractivity contribution in [2.45, 2.75) is 19.4 Å². The Kier molecular flexibility index (Phi) is 4.04. The second-order valence-corrected chi connectivity index (χ2v) is 7.19. The summed E-state index contributed by atoms with van der Waals surface area (Å²) in [5, 5.41) is 0. The van der Waals surface area contributed by atoms with Crippen molar-refractivity contribution in [3.8, 4) is 11.5 Å². The first-order chi connectivity index (χ1) is 13.7. The van der Waals surface area contributed by atoms with Crippen LogP contribution in [-0.4, -0.2) is 40.2 Å². The number of likely N-dealkylation sites (tertiary alicyclic amines) is 1. The molecule has 2 aliphatic heterocycles. The van der Waals surface area contributed by atoms with E-state index >= 15 is 0 Å². The average Bonchev–Trinajstić information content (AvgIpc) is 3.42. The van der Waals surface area contributed by atoms with Gasteiger partial charge in [0.05, 0.1) is 17.1 Å². The van der Waals surface area contributed by atoms with Gasteiger partial charge < -0.3 is 18.9 Å². The van der Waals surface area contributed by atoms with E-state index in [1.807, 2.05) is 54.3 Å². The smallest absolute Gasteiger partial charge is 0.246 e. The van der Waals surface area contributed by atoms with Crippen molar-refractivity contribution in [2.75, 3.05) is 19.9 Å². The molecule has 1 amide bonds. The highest BCUT2D eigenvalue weighted by Crippen LogP contribution is 2.33. The van der Waals surface area contributed by atoms with Crippen molar-refractivity contribution in [3.63, 3.8) is 0 Å². The van der Waals surface area contributed by atoms with Crippen molar-refractivity contribution in [1.29, 1.82) is 0 Å². The standard InChI is InChI=1S/C22H21N3O3/c1-15-23-18-4-2-3-5-19(18)25(15)17-10-11-24(13-17)22(26)9-7-16-6-8-20-21(12-16)28-14-27-20/h2-9,12,17H,10-11,13-14H2,1H3/b9-7+/t17-/m1/s1. The zero-order valence-electron chi connectivity index (χ0n) is 15.7. The molecule has 142 valence electrons. The number of carbonyl (C=O) groups is 1. The average molecular weight is 375 g/mol. The first-order valence-electron chi connectivity index (χ1n) is 9.49. The maximum atomic E-state index is 12.7. The first-order valence-corrected chi connectivity index (χ1v) is 9.49. The molecule has 0 aliphatic carbocycles. The van der Waals surface area contributed by atoms with Crippen molar-refractivity contribution in [1.82, 2.24) is 14.5 Å². The lowest BCUT2D eigenvalue weighted by Gasteiger charge is -2.17. The summed E-state index contributed by atoms with van der Waals surface area (Å²) in [5.41, 5.74) is 3.06. The topological polar surface area (TPSA) is 56.6 Å². The van der Waals surface area contributed by atoms with Gasteiger partial charge in [-0.1, -0.05) is 18.2 Å². The Morgan fingerprint density at radius 2 is 2.04 bits per heavy atom. The summed E-state index contributed by atoms with van der Waals surface area (Å²) < 4.78 is 13.0. The molecule has 1 saturated heterocycles. The summed E-state index contributed by atoms with van der Waals surface area (Å²) in [6, 6.07) is 14.1. The van der Waals surface area contributed by atoms with E-state index in [9.17, 15) is 4.79 Å². The maximum absolute atomic E-state index is 12.7. The van der Waals surface area contributed by atoms with Gasteiger partial charge in [-0.25, -0.2) is 4.98 Å². The number of rotatable bonds is 3. The van der Waals surface area contributed by atoms with E-state index in [2.05, 4.69) is 15.6 Å². The minimum atomic E-state index is 0.0299. The van der Waals surface area contributed by atoms with Crippen LogP contribution in [0.1, 0.15) is 23.9 Å². The molecule has 1 fully saturated rings. The molecular weight excluding hydrogens is 354 g/mol. The highest BCUT2D eigenvalue weighted by Gasteiger charge is 2.28. The minimum absolute atomic E-state index is 0.0299. The molecule has 0 spiro atoms. The number of benzene rings is 2. The molecule has 0 radical (unpaired) electrons. The third-order valence-corrected chi connectivity index (χ3v) is 5.43. The van der Waals surface area contributed by atoms with Gasteiger partial charge >= 0.3 is 0 Å². The number of carbonyl (C=O) groups excluding carboxylic acids is 1. The highest BCUT2D eigenvalue weighted by molar-refractivity contribution is 5.92. The molecule has 5 rings (SSSR count). The number of para-hydroxylation sites is 2. The Hall–Kier alpha value is -3.28. The lowest BCUT2D eigenvalue weighted by Crippen LogP contribution is -2.27. The molecule has 2 aromatic carbocycles. The highest BCUT2D eigenvalue weighted by atomic mass is 16.7. The Morgan fingerprint density at radius 1 is 1.18 bits per heavy atom. The molecule has 28 heavy (non-hydrogen) atoms. The number of hydrogen-bond acceptors (Lipinski definition) is 4. The number of imidazole rings is 1. The molecule has 0 bridgehead atoms. The fourth-order valence-electron chi connectivity index (χ4n) is 4.07. The SMILES string of the molecule is Cc1nc2ccccc2n1[C@@H]1CCN(C(=O)/C=C/c2ccc3c(c2)OCO3)C1. The fourth-order valence-corrected chi connectivity index (χ4v) is 4.07. The van der Waals surface area contributed by atoms with Gasteiger partial charge in [0.25, 0.3) is 0 Å². The van der Waals surface area contributed by atoms with Crippen LogP contribution in [0.15, 0.2) is 48.5 Å². The Balaban J connectivity index is 1.30. The van der Waals surface area contributed by atoms with Crippen molar-refractivity contribution in [3.05, 3.63) is 59.9 Å². The molecule has 0 saturated carbocycles. The van der Waals surface area contributed by atoms with E-state index in [-0.39, 0.29) is 18.7 Å². The number of ether oxygens (including phenoxy) is 2. The maximum Gasteiger partial charge on any atom is 0.246 e. The van der Waals surface area contributed by atoms with E-state index < -0.39 is 0 Å². The van der Waals surface area contributed by atoms with E-state index in [0.717, 1.165) is 46.9 Å². The van der Waals surface area contributed by atoms with Gasteiger partial charge in [-0.15, -0.1) is 0 Å². The van der Waals surface area contributed by atoms with E-state index in [4.69, 9.17) is 9.47 Å². The summed E-state index contributed by atoms with van der Waals surface area (Å²) in [7, 11) is 0. The normalized spacial score (nSPS) is 18.5. The van der Waals surface area contributed by atoms with Crippen LogP contribution < -0.4 is 9.47 Å². The van der Waals surface area contributed by atoms with Crippen molar-refractivity contribution >= 4 is 23.0 Å².